The summed E-state index contributed by atoms with van der Waals surface area (Å²) >= 11 is 0. The first-order chi connectivity index (χ1) is 13.1. The predicted molar refractivity (Wildman–Crippen MR) is 104 cm³/mol. The van der Waals surface area contributed by atoms with E-state index >= 15 is 0 Å². The smallest absolute Gasteiger partial charge is 0.255 e. The van der Waals surface area contributed by atoms with Crippen LogP contribution in [-0.4, -0.2) is 43.4 Å². The molecule has 4 heterocycles. The van der Waals surface area contributed by atoms with Gasteiger partial charge in [0, 0.05) is 37.7 Å². The van der Waals surface area contributed by atoms with Crippen LogP contribution in [0.25, 0.3) is 11.2 Å². The normalized spacial score (nSPS) is 17.1. The number of rotatable bonds is 5. The predicted octanol–water partition coefficient (Wildman–Crippen LogP) is 3.19. The van der Waals surface area contributed by atoms with Crippen molar-refractivity contribution < 1.29 is 4.79 Å². The number of nitrogens with zero attached hydrogens (tertiary/aromatic N) is 5. The monoisotopic (exact) mass is 363 g/mol. The Morgan fingerprint density at radius 3 is 2.93 bits per heavy atom. The molecular formula is C21H25N5O. The van der Waals surface area contributed by atoms with Crippen LogP contribution >= 0.6 is 0 Å². The molecule has 0 spiro atoms. The number of carbonyl (C=O) groups is 1. The fourth-order valence-corrected chi connectivity index (χ4v) is 3.77. The number of carbonyl (C=O) groups excluding carboxylic acids is 1. The molecule has 1 atom stereocenters. The van der Waals surface area contributed by atoms with Crippen molar-refractivity contribution >= 4 is 17.1 Å². The van der Waals surface area contributed by atoms with Gasteiger partial charge in [-0.15, -0.1) is 0 Å². The number of fused-ring (bicyclic) bond motifs is 1. The van der Waals surface area contributed by atoms with Gasteiger partial charge < -0.3 is 9.47 Å². The van der Waals surface area contributed by atoms with Gasteiger partial charge in [0.1, 0.15) is 5.52 Å². The molecule has 27 heavy (non-hydrogen) atoms. The quantitative estimate of drug-likeness (QED) is 0.698. The second kappa shape index (κ2) is 7.47. The van der Waals surface area contributed by atoms with E-state index < -0.39 is 0 Å². The van der Waals surface area contributed by atoms with Gasteiger partial charge in [-0.2, -0.15) is 0 Å². The van der Waals surface area contributed by atoms with E-state index in [1.54, 1.807) is 6.20 Å². The fourth-order valence-electron chi connectivity index (χ4n) is 3.77. The molecule has 0 aromatic carbocycles. The zero-order valence-electron chi connectivity index (χ0n) is 15.9. The Bertz CT molecular complexity index is 934. The molecule has 140 valence electrons. The van der Waals surface area contributed by atoms with Crippen LogP contribution in [0.5, 0.6) is 0 Å². The highest BCUT2D eigenvalue weighted by Crippen LogP contribution is 2.23. The van der Waals surface area contributed by atoms with E-state index in [0.717, 1.165) is 49.3 Å². The Labute approximate surface area is 159 Å². The molecule has 1 amide bonds. The number of likely N-dealkylation sites (tertiary alicyclic amines) is 1. The summed E-state index contributed by atoms with van der Waals surface area (Å²) in [6.45, 7) is 6.76. The molecule has 6 nitrogen and oxygen atoms in total. The summed E-state index contributed by atoms with van der Waals surface area (Å²) in [7, 11) is 0. The van der Waals surface area contributed by atoms with Crippen LogP contribution in [-0.2, 0) is 13.0 Å². The maximum absolute atomic E-state index is 12.9. The third-order valence-electron chi connectivity index (χ3n) is 5.06. The Hall–Kier alpha value is -2.76. The van der Waals surface area contributed by atoms with Gasteiger partial charge in [-0.1, -0.05) is 19.9 Å². The summed E-state index contributed by atoms with van der Waals surface area (Å²) in [5, 5.41) is 0. The van der Waals surface area contributed by atoms with Crippen molar-refractivity contribution in [1.29, 1.82) is 0 Å². The minimum atomic E-state index is 0.0475. The van der Waals surface area contributed by atoms with E-state index in [2.05, 4.69) is 34.9 Å². The van der Waals surface area contributed by atoms with Crippen LogP contribution in [0.1, 0.15) is 36.3 Å². The van der Waals surface area contributed by atoms with Crippen LogP contribution in [0.4, 0.5) is 0 Å². The minimum Gasteiger partial charge on any atom is -0.338 e. The molecule has 1 saturated heterocycles. The van der Waals surface area contributed by atoms with Crippen LogP contribution in [0.2, 0.25) is 0 Å². The molecule has 1 unspecified atom stereocenters. The minimum absolute atomic E-state index is 0.0475. The van der Waals surface area contributed by atoms with E-state index in [1.807, 2.05) is 40.2 Å². The highest BCUT2D eigenvalue weighted by atomic mass is 16.2. The Morgan fingerprint density at radius 2 is 2.15 bits per heavy atom. The summed E-state index contributed by atoms with van der Waals surface area (Å²) in [6.07, 6.45) is 7.26. The van der Waals surface area contributed by atoms with Crippen LogP contribution in [0.3, 0.4) is 0 Å². The molecule has 1 fully saturated rings. The van der Waals surface area contributed by atoms with Crippen molar-refractivity contribution in [2.75, 3.05) is 13.1 Å². The van der Waals surface area contributed by atoms with E-state index in [-0.39, 0.29) is 5.91 Å². The standard InChI is InChI=1S/C21H25N5O/c1-15(2)12-26-14-24-19-10-17(11-23-20(19)26)21(27)25-8-6-16(13-25)9-18-5-3-4-7-22-18/h3-5,7,10-11,14-16H,6,8-9,12-13H2,1-2H3. The fraction of sp³-hybridized carbons (Fsp3) is 0.429. The van der Waals surface area contributed by atoms with Crippen LogP contribution < -0.4 is 0 Å². The van der Waals surface area contributed by atoms with Gasteiger partial charge >= 0.3 is 0 Å². The lowest BCUT2D eigenvalue weighted by molar-refractivity contribution is 0.0787. The molecule has 0 aliphatic carbocycles. The maximum atomic E-state index is 12.9. The zero-order valence-corrected chi connectivity index (χ0v) is 15.9. The number of hydrogen-bond acceptors (Lipinski definition) is 4. The number of hydrogen-bond donors (Lipinski definition) is 0. The Kier molecular flexibility index (Phi) is 4.88. The van der Waals surface area contributed by atoms with Gasteiger partial charge in [-0.3, -0.25) is 9.78 Å². The lowest BCUT2D eigenvalue weighted by atomic mass is 10.0. The van der Waals surface area contributed by atoms with Crippen molar-refractivity contribution in [2.45, 2.75) is 33.2 Å². The highest BCUT2D eigenvalue weighted by molar-refractivity contribution is 5.96. The van der Waals surface area contributed by atoms with Crippen molar-refractivity contribution in [3.05, 3.63) is 54.2 Å². The number of imidazole rings is 1. The van der Waals surface area contributed by atoms with Gasteiger partial charge in [-0.25, -0.2) is 9.97 Å². The molecule has 0 radical (unpaired) electrons. The zero-order chi connectivity index (χ0) is 18.8. The lowest BCUT2D eigenvalue weighted by Crippen LogP contribution is -2.29. The first kappa shape index (κ1) is 17.6. The maximum Gasteiger partial charge on any atom is 0.255 e. The van der Waals surface area contributed by atoms with Gasteiger partial charge in [0.25, 0.3) is 5.91 Å². The molecule has 0 bridgehead atoms. The average Bonchev–Trinajstić information content (AvgIpc) is 3.28. The Morgan fingerprint density at radius 1 is 1.26 bits per heavy atom. The second-order valence-electron chi connectivity index (χ2n) is 7.79. The highest BCUT2D eigenvalue weighted by Gasteiger charge is 2.27. The molecule has 3 aromatic heterocycles. The lowest BCUT2D eigenvalue weighted by Gasteiger charge is -2.16. The molecule has 6 heteroatoms. The molecule has 1 aliphatic heterocycles. The van der Waals surface area contributed by atoms with Gasteiger partial charge in [0.2, 0.25) is 0 Å². The SMILES string of the molecule is CC(C)Cn1cnc2cc(C(=O)N3CCC(Cc4ccccn4)C3)cnc21. The van der Waals surface area contributed by atoms with Crippen molar-refractivity contribution in [3.63, 3.8) is 0 Å². The number of amides is 1. The summed E-state index contributed by atoms with van der Waals surface area (Å²) in [6, 6.07) is 7.86. The molecule has 1 aliphatic rings. The molecule has 0 saturated carbocycles. The topological polar surface area (TPSA) is 63.9 Å². The molecule has 3 aromatic rings. The van der Waals surface area contributed by atoms with E-state index in [1.165, 1.54) is 0 Å². The van der Waals surface area contributed by atoms with Crippen molar-refractivity contribution in [3.8, 4) is 0 Å². The third kappa shape index (κ3) is 3.84. The van der Waals surface area contributed by atoms with Gasteiger partial charge in [-0.05, 0) is 42.9 Å². The number of aromatic nitrogens is 4. The van der Waals surface area contributed by atoms with Gasteiger partial charge in [0.05, 0.1) is 11.9 Å². The van der Waals surface area contributed by atoms with Crippen LogP contribution in [0.15, 0.2) is 43.0 Å². The summed E-state index contributed by atoms with van der Waals surface area (Å²) in [4.78, 5) is 28.2. The summed E-state index contributed by atoms with van der Waals surface area (Å²) in [5.74, 6) is 1.03. The van der Waals surface area contributed by atoms with E-state index in [0.29, 0.717) is 17.4 Å². The Balaban J connectivity index is 1.45. The molecular weight excluding hydrogens is 338 g/mol. The van der Waals surface area contributed by atoms with E-state index in [9.17, 15) is 4.79 Å². The van der Waals surface area contributed by atoms with Gasteiger partial charge in [0.15, 0.2) is 5.65 Å². The average molecular weight is 363 g/mol. The summed E-state index contributed by atoms with van der Waals surface area (Å²) < 4.78 is 2.05. The molecule has 4 rings (SSSR count). The first-order valence-electron chi connectivity index (χ1n) is 9.60. The largest absolute Gasteiger partial charge is 0.338 e. The molecule has 0 N–H and O–H groups in total. The van der Waals surface area contributed by atoms with Crippen molar-refractivity contribution in [2.24, 2.45) is 11.8 Å². The van der Waals surface area contributed by atoms with E-state index in [4.69, 9.17) is 0 Å². The third-order valence-corrected chi connectivity index (χ3v) is 5.06. The van der Waals surface area contributed by atoms with Crippen molar-refractivity contribution in [1.82, 2.24) is 24.4 Å². The van der Waals surface area contributed by atoms with Crippen LogP contribution in [0, 0.1) is 11.8 Å². The summed E-state index contributed by atoms with van der Waals surface area (Å²) in [5.41, 5.74) is 3.34. The second-order valence-corrected chi connectivity index (χ2v) is 7.79. The first-order valence-corrected chi connectivity index (χ1v) is 9.60. The number of pyridine rings is 2.